The van der Waals surface area contributed by atoms with Gasteiger partial charge in [-0.3, -0.25) is 0 Å². The van der Waals surface area contributed by atoms with Crippen LogP contribution in [0, 0.1) is 11.6 Å². The minimum absolute atomic E-state index is 0.0344. The molecule has 0 amide bonds. The highest BCUT2D eigenvalue weighted by molar-refractivity contribution is 6.32. The van der Waals surface area contributed by atoms with Gasteiger partial charge in [0.15, 0.2) is 0 Å². The van der Waals surface area contributed by atoms with Crippen LogP contribution in [0.1, 0.15) is 5.56 Å². The van der Waals surface area contributed by atoms with Gasteiger partial charge in [-0.1, -0.05) is 23.8 Å². The third-order valence-electron chi connectivity index (χ3n) is 1.50. The summed E-state index contributed by atoms with van der Waals surface area (Å²) in [4.78, 5) is 0. The number of hydrogen-bond donors (Lipinski definition) is 1. The fourth-order valence-corrected chi connectivity index (χ4v) is 1.10. The Morgan fingerprint density at radius 1 is 1.31 bits per heavy atom. The molecule has 13 heavy (non-hydrogen) atoms. The van der Waals surface area contributed by atoms with Crippen LogP contribution in [-0.4, -0.2) is 6.54 Å². The maximum Gasteiger partial charge on any atom is 0.142 e. The van der Waals surface area contributed by atoms with E-state index in [-0.39, 0.29) is 17.1 Å². The van der Waals surface area contributed by atoms with Crippen molar-refractivity contribution in [2.75, 3.05) is 6.54 Å². The van der Waals surface area contributed by atoms with Crippen molar-refractivity contribution in [1.29, 1.82) is 0 Å². The largest absolute Gasteiger partial charge is 0.327 e. The van der Waals surface area contributed by atoms with Gasteiger partial charge in [-0.15, -0.1) is 0 Å². The quantitative estimate of drug-likeness (QED) is 0.735. The van der Waals surface area contributed by atoms with E-state index in [1.165, 1.54) is 12.2 Å². The van der Waals surface area contributed by atoms with Crippen molar-refractivity contribution in [2.45, 2.75) is 0 Å². The summed E-state index contributed by atoms with van der Waals surface area (Å²) in [5.74, 6) is -1.20. The number of halogens is 3. The first-order chi connectivity index (χ1) is 6.16. The predicted octanol–water partition coefficient (Wildman–Crippen LogP) is 2.59. The topological polar surface area (TPSA) is 26.0 Å². The highest BCUT2D eigenvalue weighted by Crippen LogP contribution is 2.23. The normalized spacial score (nSPS) is 11.1. The Hall–Kier alpha value is -0.930. The summed E-state index contributed by atoms with van der Waals surface area (Å²) >= 11 is 5.53. The van der Waals surface area contributed by atoms with Gasteiger partial charge in [-0.2, -0.15) is 0 Å². The highest BCUT2D eigenvalue weighted by Gasteiger charge is 2.08. The summed E-state index contributed by atoms with van der Waals surface area (Å²) in [5, 5.41) is -0.218. The monoisotopic (exact) mass is 203 g/mol. The molecule has 0 aromatic heterocycles. The van der Waals surface area contributed by atoms with Crippen molar-refractivity contribution in [2.24, 2.45) is 5.73 Å². The molecule has 0 saturated carbocycles. The fraction of sp³-hybridized carbons (Fsp3) is 0.111. The van der Waals surface area contributed by atoms with Crippen LogP contribution in [0.15, 0.2) is 18.2 Å². The van der Waals surface area contributed by atoms with E-state index >= 15 is 0 Å². The van der Waals surface area contributed by atoms with Gasteiger partial charge >= 0.3 is 0 Å². The molecule has 4 heteroatoms. The fourth-order valence-electron chi connectivity index (χ4n) is 0.881. The summed E-state index contributed by atoms with van der Waals surface area (Å²) in [7, 11) is 0. The van der Waals surface area contributed by atoms with E-state index in [0.717, 1.165) is 12.1 Å². The Morgan fingerprint density at radius 2 is 1.92 bits per heavy atom. The van der Waals surface area contributed by atoms with Gasteiger partial charge in [0.2, 0.25) is 0 Å². The van der Waals surface area contributed by atoms with E-state index in [0.29, 0.717) is 0 Å². The molecule has 0 aliphatic carbocycles. The summed E-state index contributed by atoms with van der Waals surface area (Å²) in [6, 6.07) is 2.01. The van der Waals surface area contributed by atoms with E-state index in [4.69, 9.17) is 17.3 Å². The molecule has 1 rings (SSSR count). The van der Waals surface area contributed by atoms with Gasteiger partial charge in [-0.25, -0.2) is 8.78 Å². The first-order valence-corrected chi connectivity index (χ1v) is 4.04. The zero-order chi connectivity index (χ0) is 9.84. The molecule has 0 saturated heterocycles. The van der Waals surface area contributed by atoms with E-state index in [1.54, 1.807) is 0 Å². The van der Waals surface area contributed by atoms with E-state index < -0.39 is 11.6 Å². The van der Waals surface area contributed by atoms with Crippen molar-refractivity contribution >= 4 is 17.7 Å². The Kier molecular flexibility index (Phi) is 3.39. The molecule has 0 bridgehead atoms. The molecule has 1 aromatic rings. The summed E-state index contributed by atoms with van der Waals surface area (Å²) in [6.45, 7) is 0.256. The highest BCUT2D eigenvalue weighted by atomic mass is 35.5. The third-order valence-corrected chi connectivity index (χ3v) is 1.88. The van der Waals surface area contributed by atoms with Gasteiger partial charge in [0.1, 0.15) is 11.6 Å². The zero-order valence-corrected chi connectivity index (χ0v) is 7.48. The van der Waals surface area contributed by atoms with Crippen LogP contribution in [-0.2, 0) is 0 Å². The van der Waals surface area contributed by atoms with Crippen LogP contribution in [0.4, 0.5) is 8.78 Å². The van der Waals surface area contributed by atoms with E-state index in [9.17, 15) is 8.78 Å². The van der Waals surface area contributed by atoms with Crippen molar-refractivity contribution in [1.82, 2.24) is 0 Å². The molecule has 2 N–H and O–H groups in total. The third kappa shape index (κ3) is 2.26. The van der Waals surface area contributed by atoms with Crippen molar-refractivity contribution in [3.8, 4) is 0 Å². The van der Waals surface area contributed by atoms with Crippen LogP contribution >= 0.6 is 11.6 Å². The molecular weight excluding hydrogens is 196 g/mol. The molecule has 0 atom stereocenters. The van der Waals surface area contributed by atoms with E-state index in [1.807, 2.05) is 0 Å². The van der Waals surface area contributed by atoms with Gasteiger partial charge in [0, 0.05) is 12.1 Å². The second-order valence-electron chi connectivity index (χ2n) is 2.39. The molecule has 1 aromatic carbocycles. The van der Waals surface area contributed by atoms with Crippen molar-refractivity contribution in [3.63, 3.8) is 0 Å². The minimum atomic E-state index is -0.639. The molecule has 0 radical (unpaired) electrons. The molecule has 0 aliphatic rings. The molecule has 0 fully saturated rings. The molecule has 0 spiro atoms. The Bertz CT molecular complexity index is 337. The average molecular weight is 204 g/mol. The molecule has 0 unspecified atom stereocenters. The van der Waals surface area contributed by atoms with Gasteiger partial charge < -0.3 is 5.73 Å². The zero-order valence-electron chi connectivity index (χ0n) is 6.73. The predicted molar refractivity (Wildman–Crippen MR) is 49.5 cm³/mol. The smallest absolute Gasteiger partial charge is 0.142 e. The lowest BCUT2D eigenvalue weighted by Crippen LogP contribution is -1.93. The number of hydrogen-bond acceptors (Lipinski definition) is 1. The molecular formula is C9H8ClF2N. The minimum Gasteiger partial charge on any atom is -0.327 e. The van der Waals surface area contributed by atoms with E-state index in [2.05, 4.69) is 0 Å². The van der Waals surface area contributed by atoms with Gasteiger partial charge in [-0.05, 0) is 12.1 Å². The molecule has 1 nitrogen and oxygen atoms in total. The van der Waals surface area contributed by atoms with Crippen LogP contribution in [0.3, 0.4) is 0 Å². The molecule has 70 valence electrons. The second-order valence-corrected chi connectivity index (χ2v) is 2.77. The summed E-state index contributed by atoms with van der Waals surface area (Å²) in [6.07, 6.45) is 2.87. The molecule has 0 heterocycles. The molecule has 0 aliphatic heterocycles. The number of rotatable bonds is 2. The summed E-state index contributed by atoms with van der Waals surface area (Å²) < 4.78 is 25.8. The van der Waals surface area contributed by atoms with Gasteiger partial charge in [0.25, 0.3) is 0 Å². The lowest BCUT2D eigenvalue weighted by molar-refractivity contribution is 0.598. The van der Waals surface area contributed by atoms with Crippen molar-refractivity contribution in [3.05, 3.63) is 40.4 Å². The Balaban J connectivity index is 3.17. The van der Waals surface area contributed by atoms with Crippen LogP contribution in [0.5, 0.6) is 0 Å². The van der Waals surface area contributed by atoms with Crippen LogP contribution < -0.4 is 5.73 Å². The SMILES string of the molecule is NC/C=C/c1c(F)ccc(F)c1Cl. The number of nitrogens with two attached hydrogens (primary N) is 1. The summed E-state index contributed by atoms with van der Waals surface area (Å²) in [5.41, 5.74) is 5.20. The Labute approximate surface area is 79.8 Å². The average Bonchev–Trinajstić information content (AvgIpc) is 2.12. The lowest BCUT2D eigenvalue weighted by atomic mass is 10.2. The maximum absolute atomic E-state index is 13.0. The van der Waals surface area contributed by atoms with Gasteiger partial charge in [0.05, 0.1) is 5.02 Å². The first-order valence-electron chi connectivity index (χ1n) is 3.67. The maximum atomic E-state index is 13.0. The van der Waals surface area contributed by atoms with Crippen LogP contribution in [0.25, 0.3) is 6.08 Å². The number of benzene rings is 1. The Morgan fingerprint density at radius 3 is 2.54 bits per heavy atom. The van der Waals surface area contributed by atoms with Crippen molar-refractivity contribution < 1.29 is 8.78 Å². The lowest BCUT2D eigenvalue weighted by Gasteiger charge is -2.00. The standard InChI is InChI=1S/C9H8ClF2N/c10-9-6(2-1-5-13)7(11)3-4-8(9)12/h1-4H,5,13H2/b2-1+. The second kappa shape index (κ2) is 4.35. The first kappa shape index (κ1) is 10.2. The van der Waals surface area contributed by atoms with Crippen LogP contribution in [0.2, 0.25) is 5.02 Å².